The topological polar surface area (TPSA) is 60.9 Å². The molecule has 13 rings (SSSR count). The zero-order valence-corrected chi connectivity index (χ0v) is 41.2. The van der Waals surface area contributed by atoms with E-state index in [0.717, 1.165) is 39.0 Å². The SMILES string of the molecule is c1ccc([Si](c2ccccc2)(c2ccccc2)c2cccc(-c3nc(-c4cccc([Si](c5ccccc5)(c5ccccc5)c5ccccc5)c4)nc(-n4c5ccccc5n5c6ccccc6nc45)n3)c2)cc1. The van der Waals surface area contributed by atoms with E-state index in [1.165, 1.54) is 41.5 Å². The van der Waals surface area contributed by atoms with Crippen molar-refractivity contribution >= 4 is 85.5 Å². The molecular weight excluding hydrogens is 909 g/mol. The molecule has 0 radical (unpaired) electrons. The number of hydrogen-bond acceptors (Lipinski definition) is 4. The van der Waals surface area contributed by atoms with Crippen LogP contribution in [0.2, 0.25) is 0 Å². The smallest absolute Gasteiger partial charge is 0.241 e. The highest BCUT2D eigenvalue weighted by molar-refractivity contribution is 7.20. The number of fused-ring (bicyclic) bond motifs is 5. The minimum absolute atomic E-state index is 0.489. The predicted molar refractivity (Wildman–Crippen MR) is 301 cm³/mol. The number of rotatable bonds is 11. The molecule has 0 spiro atoms. The van der Waals surface area contributed by atoms with E-state index in [1.54, 1.807) is 0 Å². The number of aromatic nitrogens is 6. The minimum atomic E-state index is -2.91. The van der Waals surface area contributed by atoms with Crippen LogP contribution < -0.4 is 41.5 Å². The lowest BCUT2D eigenvalue weighted by molar-refractivity contribution is 0.937. The second-order valence-corrected chi connectivity index (χ2v) is 25.8. The van der Waals surface area contributed by atoms with Gasteiger partial charge in [-0.05, 0) is 65.8 Å². The van der Waals surface area contributed by atoms with Crippen LogP contribution in [0.5, 0.6) is 0 Å². The van der Waals surface area contributed by atoms with Crippen molar-refractivity contribution in [3.63, 3.8) is 0 Å². The molecule has 0 saturated carbocycles. The van der Waals surface area contributed by atoms with Crippen molar-refractivity contribution in [2.45, 2.75) is 0 Å². The van der Waals surface area contributed by atoms with E-state index in [0.29, 0.717) is 17.6 Å². The zero-order valence-electron chi connectivity index (χ0n) is 39.2. The average molecular weight is 955 g/mol. The Labute approximate surface area is 419 Å². The molecule has 0 saturated heterocycles. The Morgan fingerprint density at radius 1 is 0.264 bits per heavy atom. The van der Waals surface area contributed by atoms with Crippen LogP contribution in [0.15, 0.2) is 279 Å². The van der Waals surface area contributed by atoms with E-state index >= 15 is 0 Å². The lowest BCUT2D eigenvalue weighted by Gasteiger charge is -2.34. The van der Waals surface area contributed by atoms with Gasteiger partial charge in [0.2, 0.25) is 11.7 Å². The molecule has 0 N–H and O–H groups in total. The van der Waals surface area contributed by atoms with Gasteiger partial charge in [-0.25, -0.2) is 14.5 Å². The molecule has 0 amide bonds. The molecule has 3 aromatic heterocycles. The lowest BCUT2D eigenvalue weighted by atomic mass is 10.2. The van der Waals surface area contributed by atoms with E-state index in [4.69, 9.17) is 19.9 Å². The van der Waals surface area contributed by atoms with Gasteiger partial charge in [0.15, 0.2) is 27.8 Å². The van der Waals surface area contributed by atoms with Crippen LogP contribution in [0.3, 0.4) is 0 Å². The van der Waals surface area contributed by atoms with Crippen LogP contribution in [0.25, 0.3) is 56.6 Å². The predicted octanol–water partition coefficient (Wildman–Crippen LogP) is 8.71. The van der Waals surface area contributed by atoms with E-state index in [1.807, 2.05) is 6.07 Å². The average Bonchev–Trinajstić information content (AvgIpc) is 4.00. The van der Waals surface area contributed by atoms with E-state index in [9.17, 15) is 0 Å². The third kappa shape index (κ3) is 6.99. The molecule has 0 unspecified atom stereocenters. The molecule has 6 nitrogen and oxygen atoms in total. The largest absolute Gasteiger partial charge is 0.276 e. The lowest BCUT2D eigenvalue weighted by Crippen LogP contribution is -2.74. The number of para-hydroxylation sites is 4. The van der Waals surface area contributed by atoms with Crippen molar-refractivity contribution in [1.29, 1.82) is 0 Å². The summed E-state index contributed by atoms with van der Waals surface area (Å²) in [5.74, 6) is 2.37. The van der Waals surface area contributed by atoms with E-state index in [2.05, 4.69) is 282 Å². The molecule has 72 heavy (non-hydrogen) atoms. The summed E-state index contributed by atoms with van der Waals surface area (Å²) in [6.07, 6.45) is 0. The normalized spacial score (nSPS) is 11.9. The summed E-state index contributed by atoms with van der Waals surface area (Å²) in [5.41, 5.74) is 5.68. The third-order valence-corrected chi connectivity index (χ3v) is 23.8. The van der Waals surface area contributed by atoms with Crippen LogP contribution in [-0.4, -0.2) is 45.1 Å². The molecule has 13 aromatic rings. The first kappa shape index (κ1) is 43.0. The second kappa shape index (κ2) is 18.0. The minimum Gasteiger partial charge on any atom is -0.276 e. The number of hydrogen-bond donors (Lipinski definition) is 0. The Morgan fingerprint density at radius 2 is 0.597 bits per heavy atom. The molecule has 0 aliphatic carbocycles. The second-order valence-electron chi connectivity index (χ2n) is 18.2. The Morgan fingerprint density at radius 3 is 1.00 bits per heavy atom. The van der Waals surface area contributed by atoms with Crippen molar-refractivity contribution in [1.82, 2.24) is 28.9 Å². The summed E-state index contributed by atoms with van der Waals surface area (Å²) in [6.45, 7) is 0. The fourth-order valence-corrected chi connectivity index (χ4v) is 20.8. The first-order chi connectivity index (χ1) is 35.7. The Balaban J connectivity index is 1.09. The van der Waals surface area contributed by atoms with Crippen LogP contribution in [-0.2, 0) is 0 Å². The van der Waals surface area contributed by atoms with Gasteiger partial charge >= 0.3 is 0 Å². The van der Waals surface area contributed by atoms with Gasteiger partial charge in [-0.3, -0.25) is 4.40 Å². The van der Waals surface area contributed by atoms with Gasteiger partial charge in [-0.15, -0.1) is 0 Å². The van der Waals surface area contributed by atoms with Crippen molar-refractivity contribution in [2.24, 2.45) is 0 Å². The van der Waals surface area contributed by atoms with E-state index in [-0.39, 0.29) is 0 Å². The fraction of sp³-hybridized carbons (Fsp3) is 0. The van der Waals surface area contributed by atoms with Crippen molar-refractivity contribution in [2.75, 3.05) is 0 Å². The van der Waals surface area contributed by atoms with Gasteiger partial charge in [-0.2, -0.15) is 9.97 Å². The molecule has 0 aliphatic rings. The number of imidazole rings is 2. The summed E-state index contributed by atoms with van der Waals surface area (Å²) in [4.78, 5) is 21.8. The van der Waals surface area contributed by atoms with Crippen LogP contribution in [0, 0.1) is 0 Å². The van der Waals surface area contributed by atoms with Gasteiger partial charge in [0, 0.05) is 11.1 Å². The quantitative estimate of drug-likeness (QED) is 0.0963. The molecule has 3 heterocycles. The zero-order chi connectivity index (χ0) is 47.9. The molecule has 0 bridgehead atoms. The highest BCUT2D eigenvalue weighted by Gasteiger charge is 2.43. The highest BCUT2D eigenvalue weighted by atomic mass is 28.3. The highest BCUT2D eigenvalue weighted by Crippen LogP contribution is 2.30. The monoisotopic (exact) mass is 954 g/mol. The molecule has 8 heteroatoms. The third-order valence-electron chi connectivity index (χ3n) is 14.3. The van der Waals surface area contributed by atoms with Crippen molar-refractivity contribution in [3.05, 3.63) is 279 Å². The molecular formula is C64H46N6Si2. The van der Waals surface area contributed by atoms with Gasteiger partial charge in [-0.1, -0.05) is 255 Å². The molecule has 0 atom stereocenters. The van der Waals surface area contributed by atoms with Gasteiger partial charge < -0.3 is 0 Å². The molecule has 340 valence electrons. The maximum Gasteiger partial charge on any atom is 0.241 e. The van der Waals surface area contributed by atoms with Gasteiger partial charge in [0.25, 0.3) is 0 Å². The summed E-state index contributed by atoms with van der Waals surface area (Å²) in [7, 11) is -5.82. The molecule has 10 aromatic carbocycles. The summed E-state index contributed by atoms with van der Waals surface area (Å²) in [6, 6.07) is 101. The first-order valence-corrected chi connectivity index (χ1v) is 28.4. The van der Waals surface area contributed by atoms with Crippen LogP contribution >= 0.6 is 0 Å². The van der Waals surface area contributed by atoms with Crippen LogP contribution in [0.4, 0.5) is 0 Å². The van der Waals surface area contributed by atoms with Gasteiger partial charge in [0.1, 0.15) is 0 Å². The Bertz CT molecular complexity index is 3650. The van der Waals surface area contributed by atoms with E-state index < -0.39 is 16.1 Å². The maximum absolute atomic E-state index is 5.54. The summed E-state index contributed by atoms with van der Waals surface area (Å²) < 4.78 is 4.32. The van der Waals surface area contributed by atoms with Gasteiger partial charge in [0.05, 0.1) is 22.1 Å². The number of benzene rings is 10. The Hall–Kier alpha value is -9.09. The van der Waals surface area contributed by atoms with Crippen LogP contribution in [0.1, 0.15) is 0 Å². The standard InChI is InChI=1S/C64H46N6Si2/c1-7-27-49(28-8-1)71(50-29-9-2-10-30-50,51-31-11-3-12-32-51)55-39-23-25-47(45-55)61-66-62(68-63(67-61)70-60-44-22-21-43-59(60)69-58-42-20-19-41-57(58)65-64(69)70)48-26-24-40-56(46-48)72(52-33-13-4-14-34-52,53-35-15-5-16-36-53)54-37-17-6-18-38-54/h1-46H. The van der Waals surface area contributed by atoms with Crippen molar-refractivity contribution < 1.29 is 0 Å². The number of nitrogens with zero attached hydrogens (tertiary/aromatic N) is 6. The van der Waals surface area contributed by atoms with Crippen molar-refractivity contribution in [3.8, 4) is 28.7 Å². The molecule has 0 fully saturated rings. The summed E-state index contributed by atoms with van der Waals surface area (Å²) in [5, 5.41) is 10.2. The fourth-order valence-electron chi connectivity index (χ4n) is 11.2. The summed E-state index contributed by atoms with van der Waals surface area (Å²) >= 11 is 0. The molecule has 0 aliphatic heterocycles. The Kier molecular flexibility index (Phi) is 10.8. The first-order valence-electron chi connectivity index (χ1n) is 24.4. The maximum atomic E-state index is 5.54.